The summed E-state index contributed by atoms with van der Waals surface area (Å²) >= 11 is 0. The maximum absolute atomic E-state index is 6.51. The van der Waals surface area contributed by atoms with Crippen LogP contribution in [-0.4, -0.2) is 0 Å². The molecule has 3 nitrogen and oxygen atoms in total. The molecule has 2 heterocycles. The van der Waals surface area contributed by atoms with E-state index in [1.807, 2.05) is 12.1 Å². The van der Waals surface area contributed by atoms with Crippen molar-refractivity contribution >= 4 is 71.7 Å². The average molecular weight is 628 g/mol. The molecule has 0 fully saturated rings. The minimum absolute atomic E-state index is 0.864. The topological polar surface area (TPSA) is 29.5 Å². The molecule has 8 aromatic carbocycles. The molecular weight excluding hydrogens is 599 g/mol. The van der Waals surface area contributed by atoms with E-state index in [4.69, 9.17) is 8.83 Å². The summed E-state index contributed by atoms with van der Waals surface area (Å²) in [5.74, 6) is 0. The molecule has 0 aliphatic heterocycles. The van der Waals surface area contributed by atoms with Crippen molar-refractivity contribution in [3.05, 3.63) is 176 Å². The zero-order valence-corrected chi connectivity index (χ0v) is 26.5. The first-order chi connectivity index (χ1) is 24.3. The SMILES string of the molecule is c1ccc(-c2ccc(N(c3ccc(-c4cccc5c4oc4ccccc45)cc3)c3cccc4oc5ccc6ccccc6c5c34)cc2)cc1. The van der Waals surface area contributed by atoms with Crippen molar-refractivity contribution in [2.45, 2.75) is 0 Å². The van der Waals surface area contributed by atoms with E-state index in [0.29, 0.717) is 0 Å². The fourth-order valence-electron chi connectivity index (χ4n) is 7.38. The largest absolute Gasteiger partial charge is 0.456 e. The van der Waals surface area contributed by atoms with Gasteiger partial charge in [-0.15, -0.1) is 0 Å². The molecule has 0 atom stereocenters. The summed E-state index contributed by atoms with van der Waals surface area (Å²) in [6, 6.07) is 61.9. The van der Waals surface area contributed by atoms with Gasteiger partial charge in [-0.25, -0.2) is 0 Å². The molecular formula is C46H29NO2. The van der Waals surface area contributed by atoms with E-state index < -0.39 is 0 Å². The lowest BCUT2D eigenvalue weighted by atomic mass is 10.00. The third-order valence-electron chi connectivity index (χ3n) is 9.68. The van der Waals surface area contributed by atoms with Gasteiger partial charge >= 0.3 is 0 Å². The highest BCUT2D eigenvalue weighted by Crippen LogP contribution is 2.45. The third-order valence-corrected chi connectivity index (χ3v) is 9.68. The standard InChI is InChI=1S/C46H29NO2/c1-2-10-30(11-3-1)31-20-25-34(26-21-31)47(40-17-9-19-42-45(40)44-36-13-5-4-12-32(36)24-29-43(44)48-42)35-27-22-33(23-28-35)37-15-8-16-39-38-14-6-7-18-41(38)49-46(37)39/h1-29H. The molecule has 0 radical (unpaired) electrons. The Kier molecular flexibility index (Phi) is 6.18. The van der Waals surface area contributed by atoms with E-state index in [0.717, 1.165) is 72.1 Å². The minimum Gasteiger partial charge on any atom is -0.456 e. The Hall–Kier alpha value is -6.58. The van der Waals surface area contributed by atoms with Gasteiger partial charge in [-0.3, -0.25) is 0 Å². The molecule has 49 heavy (non-hydrogen) atoms. The maximum atomic E-state index is 6.51. The number of furan rings is 2. The van der Waals surface area contributed by atoms with Crippen molar-refractivity contribution < 1.29 is 8.83 Å². The second kappa shape index (κ2) is 11.0. The van der Waals surface area contributed by atoms with Gasteiger partial charge in [-0.05, 0) is 76.0 Å². The van der Waals surface area contributed by atoms with Crippen LogP contribution in [0.3, 0.4) is 0 Å². The Balaban J connectivity index is 1.17. The molecule has 10 aromatic rings. The Morgan fingerprint density at radius 1 is 0.347 bits per heavy atom. The molecule has 0 spiro atoms. The Morgan fingerprint density at radius 3 is 1.78 bits per heavy atom. The van der Waals surface area contributed by atoms with Crippen molar-refractivity contribution in [3.63, 3.8) is 0 Å². The number of anilines is 3. The van der Waals surface area contributed by atoms with Gasteiger partial charge in [0.2, 0.25) is 0 Å². The zero-order valence-electron chi connectivity index (χ0n) is 26.5. The molecule has 0 aliphatic carbocycles. The van der Waals surface area contributed by atoms with E-state index in [1.165, 1.54) is 21.9 Å². The van der Waals surface area contributed by atoms with E-state index in [1.54, 1.807) is 0 Å². The van der Waals surface area contributed by atoms with Gasteiger partial charge in [-0.2, -0.15) is 0 Å². The van der Waals surface area contributed by atoms with Gasteiger partial charge < -0.3 is 13.7 Å². The van der Waals surface area contributed by atoms with Crippen LogP contribution in [0.25, 0.3) is 76.9 Å². The molecule has 0 bridgehead atoms. The minimum atomic E-state index is 0.864. The fraction of sp³-hybridized carbons (Fsp3) is 0. The van der Waals surface area contributed by atoms with Crippen LogP contribution in [0.15, 0.2) is 185 Å². The van der Waals surface area contributed by atoms with Crippen molar-refractivity contribution in [2.24, 2.45) is 0 Å². The van der Waals surface area contributed by atoms with Gasteiger partial charge in [-0.1, -0.05) is 127 Å². The molecule has 3 heteroatoms. The van der Waals surface area contributed by atoms with Crippen LogP contribution in [0.4, 0.5) is 17.1 Å². The molecule has 230 valence electrons. The zero-order chi connectivity index (χ0) is 32.3. The number of benzene rings is 8. The third kappa shape index (κ3) is 4.44. The van der Waals surface area contributed by atoms with Crippen LogP contribution >= 0.6 is 0 Å². The monoisotopic (exact) mass is 627 g/mol. The lowest BCUT2D eigenvalue weighted by Gasteiger charge is -2.27. The van der Waals surface area contributed by atoms with Crippen molar-refractivity contribution in [2.75, 3.05) is 4.90 Å². The quantitative estimate of drug-likeness (QED) is 0.190. The van der Waals surface area contributed by atoms with Gasteiger partial charge in [0.25, 0.3) is 0 Å². The molecule has 10 rings (SSSR count). The number of para-hydroxylation sites is 2. The summed E-state index contributed by atoms with van der Waals surface area (Å²) in [5, 5.41) is 6.85. The van der Waals surface area contributed by atoms with E-state index in [-0.39, 0.29) is 0 Å². The highest BCUT2D eigenvalue weighted by Gasteiger charge is 2.21. The first-order valence-electron chi connectivity index (χ1n) is 16.6. The summed E-state index contributed by atoms with van der Waals surface area (Å²) < 4.78 is 12.9. The number of fused-ring (bicyclic) bond motifs is 8. The average Bonchev–Trinajstić information content (AvgIpc) is 3.75. The van der Waals surface area contributed by atoms with Crippen molar-refractivity contribution in [1.82, 2.24) is 0 Å². The van der Waals surface area contributed by atoms with Gasteiger partial charge in [0.15, 0.2) is 0 Å². The molecule has 0 unspecified atom stereocenters. The normalized spacial score (nSPS) is 11.7. The first kappa shape index (κ1) is 27.5. The van der Waals surface area contributed by atoms with Crippen LogP contribution in [0.2, 0.25) is 0 Å². The second-order valence-electron chi connectivity index (χ2n) is 12.5. The van der Waals surface area contributed by atoms with E-state index >= 15 is 0 Å². The van der Waals surface area contributed by atoms with Crippen LogP contribution in [0.5, 0.6) is 0 Å². The van der Waals surface area contributed by atoms with Crippen LogP contribution < -0.4 is 4.90 Å². The predicted molar refractivity (Wildman–Crippen MR) is 204 cm³/mol. The lowest BCUT2D eigenvalue weighted by Crippen LogP contribution is -2.10. The fourth-order valence-corrected chi connectivity index (χ4v) is 7.38. The number of nitrogens with zero attached hydrogens (tertiary/aromatic N) is 1. The number of hydrogen-bond acceptors (Lipinski definition) is 3. The molecule has 2 aromatic heterocycles. The Labute approximate surface area is 282 Å². The van der Waals surface area contributed by atoms with Gasteiger partial charge in [0, 0.05) is 33.1 Å². The van der Waals surface area contributed by atoms with E-state index in [9.17, 15) is 0 Å². The Bertz CT molecular complexity index is 2810. The molecule has 0 aliphatic rings. The van der Waals surface area contributed by atoms with Gasteiger partial charge in [0.05, 0.1) is 11.1 Å². The predicted octanol–water partition coefficient (Wildman–Crippen LogP) is 13.4. The highest BCUT2D eigenvalue weighted by atomic mass is 16.3. The Morgan fingerprint density at radius 2 is 0.959 bits per heavy atom. The van der Waals surface area contributed by atoms with E-state index in [2.05, 4.69) is 169 Å². The summed E-state index contributed by atoms with van der Waals surface area (Å²) in [5.41, 5.74) is 11.3. The molecule has 0 amide bonds. The smallest absolute Gasteiger partial charge is 0.143 e. The summed E-state index contributed by atoms with van der Waals surface area (Å²) in [6.45, 7) is 0. The van der Waals surface area contributed by atoms with Crippen LogP contribution in [0.1, 0.15) is 0 Å². The van der Waals surface area contributed by atoms with Crippen LogP contribution in [0, 0.1) is 0 Å². The van der Waals surface area contributed by atoms with Crippen molar-refractivity contribution in [1.29, 1.82) is 0 Å². The highest BCUT2D eigenvalue weighted by molar-refractivity contribution is 6.23. The molecule has 0 saturated heterocycles. The first-order valence-corrected chi connectivity index (χ1v) is 16.6. The van der Waals surface area contributed by atoms with Gasteiger partial charge in [0.1, 0.15) is 22.3 Å². The maximum Gasteiger partial charge on any atom is 0.143 e. The number of rotatable bonds is 5. The summed E-state index contributed by atoms with van der Waals surface area (Å²) in [6.07, 6.45) is 0. The van der Waals surface area contributed by atoms with Crippen LogP contribution in [-0.2, 0) is 0 Å². The molecule has 0 saturated carbocycles. The summed E-state index contributed by atoms with van der Waals surface area (Å²) in [4.78, 5) is 2.35. The molecule has 0 N–H and O–H groups in total. The number of hydrogen-bond donors (Lipinski definition) is 0. The summed E-state index contributed by atoms with van der Waals surface area (Å²) in [7, 11) is 0. The second-order valence-corrected chi connectivity index (χ2v) is 12.5. The lowest BCUT2D eigenvalue weighted by molar-refractivity contribution is 0.669. The van der Waals surface area contributed by atoms with Crippen molar-refractivity contribution in [3.8, 4) is 22.3 Å².